The van der Waals surface area contributed by atoms with Crippen molar-refractivity contribution < 1.29 is 4.74 Å². The van der Waals surface area contributed by atoms with E-state index in [1.54, 1.807) is 0 Å². The summed E-state index contributed by atoms with van der Waals surface area (Å²) in [6.45, 7) is 9.03. The Kier molecular flexibility index (Phi) is 10.1. The van der Waals surface area contributed by atoms with E-state index in [9.17, 15) is 0 Å². The Morgan fingerprint density at radius 1 is 1.26 bits per heavy atom. The quantitative estimate of drug-likeness (QED) is 0.407. The molecule has 1 N–H and O–H groups in total. The van der Waals surface area contributed by atoms with Crippen LogP contribution in [0, 0.1) is 0 Å². The highest BCUT2D eigenvalue weighted by Gasteiger charge is 2.15. The minimum atomic E-state index is 0. The number of nitrogens with one attached hydrogen (secondary N) is 1. The predicted octanol–water partition coefficient (Wildman–Crippen LogP) is 3.70. The number of halogens is 1. The van der Waals surface area contributed by atoms with Crippen molar-refractivity contribution in [3.63, 3.8) is 0 Å². The molecule has 130 valence electrons. The second kappa shape index (κ2) is 11.5. The Balaban J connectivity index is 0.00000264. The number of hydrogen-bond acceptors (Lipinski definition) is 2. The minimum absolute atomic E-state index is 0. The van der Waals surface area contributed by atoms with Gasteiger partial charge in [0.15, 0.2) is 5.96 Å². The van der Waals surface area contributed by atoms with Gasteiger partial charge in [0, 0.05) is 26.2 Å². The highest BCUT2D eigenvalue weighted by Crippen LogP contribution is 2.14. The van der Waals surface area contributed by atoms with Crippen molar-refractivity contribution in [1.29, 1.82) is 0 Å². The van der Waals surface area contributed by atoms with E-state index in [-0.39, 0.29) is 24.0 Å². The maximum absolute atomic E-state index is 5.69. The molecular formula is C18H30IN3O. The van der Waals surface area contributed by atoms with Crippen LogP contribution in [0.3, 0.4) is 0 Å². The highest BCUT2D eigenvalue weighted by molar-refractivity contribution is 14.0. The van der Waals surface area contributed by atoms with Gasteiger partial charge in [0.1, 0.15) is 5.75 Å². The van der Waals surface area contributed by atoms with Gasteiger partial charge in [-0.3, -0.25) is 4.99 Å². The molecule has 1 aromatic carbocycles. The largest absolute Gasteiger partial charge is 0.494 e. The zero-order valence-electron chi connectivity index (χ0n) is 14.4. The van der Waals surface area contributed by atoms with Crippen molar-refractivity contribution in [2.45, 2.75) is 39.5 Å². The maximum atomic E-state index is 5.69. The van der Waals surface area contributed by atoms with Crippen LogP contribution in [0.15, 0.2) is 29.3 Å². The Bertz CT molecular complexity index is 473. The second-order valence-corrected chi connectivity index (χ2v) is 5.68. The molecule has 1 aliphatic heterocycles. The second-order valence-electron chi connectivity index (χ2n) is 5.68. The van der Waals surface area contributed by atoms with Crippen LogP contribution >= 0.6 is 24.0 Å². The Hall–Kier alpha value is -0.980. The van der Waals surface area contributed by atoms with Gasteiger partial charge in [0.05, 0.1) is 6.61 Å². The van der Waals surface area contributed by atoms with Gasteiger partial charge in [0.2, 0.25) is 0 Å². The zero-order chi connectivity index (χ0) is 15.6. The summed E-state index contributed by atoms with van der Waals surface area (Å²) in [7, 11) is 0. The van der Waals surface area contributed by atoms with Crippen LogP contribution in [0.1, 0.15) is 38.7 Å². The third kappa shape index (κ3) is 6.97. The minimum Gasteiger partial charge on any atom is -0.494 e. The average molecular weight is 431 g/mol. The van der Waals surface area contributed by atoms with E-state index < -0.39 is 0 Å². The molecule has 1 aliphatic rings. The molecule has 1 aromatic rings. The molecule has 1 saturated heterocycles. The van der Waals surface area contributed by atoms with Gasteiger partial charge >= 0.3 is 0 Å². The molecule has 1 fully saturated rings. The van der Waals surface area contributed by atoms with Gasteiger partial charge < -0.3 is 15.0 Å². The molecule has 0 bridgehead atoms. The molecule has 0 amide bonds. The summed E-state index contributed by atoms with van der Waals surface area (Å²) in [6.07, 6.45) is 4.55. The monoisotopic (exact) mass is 431 g/mol. The molecule has 0 unspecified atom stereocenters. The van der Waals surface area contributed by atoms with Crippen LogP contribution < -0.4 is 10.1 Å². The lowest BCUT2D eigenvalue weighted by Crippen LogP contribution is -2.39. The first-order valence-corrected chi connectivity index (χ1v) is 8.58. The maximum Gasteiger partial charge on any atom is 0.193 e. The number of nitrogens with zero attached hydrogens (tertiary/aromatic N) is 2. The van der Waals surface area contributed by atoms with Crippen molar-refractivity contribution in [3.8, 4) is 5.75 Å². The standard InChI is InChI=1S/C18H29N3O.HI/c1-3-14-22-17-9-7-8-16(15-17)10-11-20-18(19-4-2)21-12-5-6-13-21;/h7-9,15H,3-6,10-14H2,1-2H3,(H,19,20);1H. The summed E-state index contributed by atoms with van der Waals surface area (Å²) in [4.78, 5) is 7.14. The molecule has 0 radical (unpaired) electrons. The third-order valence-electron chi connectivity index (χ3n) is 3.77. The van der Waals surface area contributed by atoms with E-state index in [1.165, 1.54) is 18.4 Å². The first-order chi connectivity index (χ1) is 10.8. The Labute approximate surface area is 157 Å². The smallest absolute Gasteiger partial charge is 0.193 e. The summed E-state index contributed by atoms with van der Waals surface area (Å²) in [5, 5.41) is 3.40. The van der Waals surface area contributed by atoms with Gasteiger partial charge in [-0.25, -0.2) is 0 Å². The molecule has 2 rings (SSSR count). The fraction of sp³-hybridized carbons (Fsp3) is 0.611. The van der Waals surface area contributed by atoms with Crippen LogP contribution in [0.5, 0.6) is 5.75 Å². The number of rotatable bonds is 7. The first-order valence-electron chi connectivity index (χ1n) is 8.58. The summed E-state index contributed by atoms with van der Waals surface area (Å²) in [6, 6.07) is 8.37. The molecule has 1 heterocycles. The summed E-state index contributed by atoms with van der Waals surface area (Å²) < 4.78 is 5.69. The van der Waals surface area contributed by atoms with E-state index >= 15 is 0 Å². The number of ether oxygens (including phenoxy) is 1. The van der Waals surface area contributed by atoms with Crippen molar-refractivity contribution in [3.05, 3.63) is 29.8 Å². The molecule has 0 aromatic heterocycles. The van der Waals surface area contributed by atoms with E-state index in [0.717, 1.165) is 57.3 Å². The summed E-state index contributed by atoms with van der Waals surface area (Å²) >= 11 is 0. The predicted molar refractivity (Wildman–Crippen MR) is 108 cm³/mol. The van der Waals surface area contributed by atoms with Gasteiger partial charge in [-0.15, -0.1) is 24.0 Å². The topological polar surface area (TPSA) is 36.9 Å². The van der Waals surface area contributed by atoms with E-state index in [1.807, 2.05) is 6.07 Å². The summed E-state index contributed by atoms with van der Waals surface area (Å²) in [5.41, 5.74) is 1.29. The Morgan fingerprint density at radius 2 is 2.04 bits per heavy atom. The van der Waals surface area contributed by atoms with Crippen LogP contribution in [0.4, 0.5) is 0 Å². The Morgan fingerprint density at radius 3 is 2.74 bits per heavy atom. The zero-order valence-corrected chi connectivity index (χ0v) is 16.7. The lowest BCUT2D eigenvalue weighted by molar-refractivity contribution is 0.317. The molecule has 0 aliphatic carbocycles. The number of hydrogen-bond donors (Lipinski definition) is 1. The number of aliphatic imine (C=N–C) groups is 1. The van der Waals surface area contributed by atoms with Crippen LogP contribution in [-0.4, -0.2) is 43.6 Å². The van der Waals surface area contributed by atoms with Crippen molar-refractivity contribution >= 4 is 29.9 Å². The SMILES string of the molecule is CCCOc1cccc(CCN=C(NCC)N2CCCC2)c1.I. The van der Waals surface area contributed by atoms with Crippen molar-refractivity contribution in [2.75, 3.05) is 32.8 Å². The van der Waals surface area contributed by atoms with Gasteiger partial charge in [-0.1, -0.05) is 19.1 Å². The van der Waals surface area contributed by atoms with Crippen molar-refractivity contribution in [2.24, 2.45) is 4.99 Å². The third-order valence-corrected chi connectivity index (χ3v) is 3.77. The van der Waals surface area contributed by atoms with Crippen LogP contribution in [0.2, 0.25) is 0 Å². The molecule has 0 saturated carbocycles. The average Bonchev–Trinajstić information content (AvgIpc) is 3.07. The molecule has 5 heteroatoms. The number of benzene rings is 1. The van der Waals surface area contributed by atoms with E-state index in [4.69, 9.17) is 9.73 Å². The summed E-state index contributed by atoms with van der Waals surface area (Å²) in [5.74, 6) is 2.04. The van der Waals surface area contributed by atoms with Gasteiger partial charge in [-0.05, 0) is 50.3 Å². The van der Waals surface area contributed by atoms with Gasteiger partial charge in [0.25, 0.3) is 0 Å². The van der Waals surface area contributed by atoms with Crippen molar-refractivity contribution in [1.82, 2.24) is 10.2 Å². The molecule has 0 spiro atoms. The fourth-order valence-corrected chi connectivity index (χ4v) is 2.66. The van der Waals surface area contributed by atoms with Gasteiger partial charge in [-0.2, -0.15) is 0 Å². The molecule has 0 atom stereocenters. The first kappa shape index (κ1) is 20.1. The van der Waals surface area contributed by atoms with Crippen LogP contribution in [-0.2, 0) is 6.42 Å². The van der Waals surface area contributed by atoms with E-state index in [2.05, 4.69) is 42.3 Å². The molecular weight excluding hydrogens is 401 g/mol. The molecule has 4 nitrogen and oxygen atoms in total. The highest BCUT2D eigenvalue weighted by atomic mass is 127. The molecule has 23 heavy (non-hydrogen) atoms. The van der Waals surface area contributed by atoms with E-state index in [0.29, 0.717) is 0 Å². The number of likely N-dealkylation sites (tertiary alicyclic amines) is 1. The lowest BCUT2D eigenvalue weighted by atomic mass is 10.1. The normalized spacial score (nSPS) is 14.5. The lowest BCUT2D eigenvalue weighted by Gasteiger charge is -2.20. The number of guanidine groups is 1. The fourth-order valence-electron chi connectivity index (χ4n) is 2.66. The van der Waals surface area contributed by atoms with Crippen LogP contribution in [0.25, 0.3) is 0 Å².